The molecule has 0 radical (unpaired) electrons. The highest BCUT2D eigenvalue weighted by Gasteiger charge is 2.18. The van der Waals surface area contributed by atoms with Gasteiger partial charge in [0.05, 0.1) is 21.3 Å². The van der Waals surface area contributed by atoms with Crippen LogP contribution >= 0.6 is 24.8 Å². The molecule has 0 aliphatic carbocycles. The number of carbonyl (C=O) groups is 1. The van der Waals surface area contributed by atoms with Gasteiger partial charge in [0.1, 0.15) is 0 Å². The molecule has 8 heteroatoms. The molecule has 0 amide bonds. The van der Waals surface area contributed by atoms with E-state index in [1.165, 1.54) is 0 Å². The Morgan fingerprint density at radius 3 is 1.96 bits per heavy atom. The molecular formula is C18H30Cl2N2O4. The zero-order valence-electron chi connectivity index (χ0n) is 15.9. The van der Waals surface area contributed by atoms with Crippen LogP contribution in [-0.2, 0) is 0 Å². The Bertz CT molecular complexity index is 539. The van der Waals surface area contributed by atoms with Gasteiger partial charge in [0.25, 0.3) is 0 Å². The lowest BCUT2D eigenvalue weighted by Gasteiger charge is -2.32. The van der Waals surface area contributed by atoms with Gasteiger partial charge in [0.2, 0.25) is 5.75 Å². The Morgan fingerprint density at radius 1 is 0.962 bits per heavy atom. The smallest absolute Gasteiger partial charge is 0.203 e. The van der Waals surface area contributed by atoms with E-state index in [2.05, 4.69) is 16.8 Å². The van der Waals surface area contributed by atoms with Crippen LogP contribution in [0.5, 0.6) is 17.2 Å². The maximum Gasteiger partial charge on any atom is 0.203 e. The summed E-state index contributed by atoms with van der Waals surface area (Å²) in [6.07, 6.45) is 1.38. The van der Waals surface area contributed by atoms with Gasteiger partial charge in [-0.3, -0.25) is 4.79 Å². The summed E-state index contributed by atoms with van der Waals surface area (Å²) >= 11 is 0. The molecule has 150 valence electrons. The first-order chi connectivity index (χ1) is 11.6. The molecule has 0 bridgehead atoms. The minimum Gasteiger partial charge on any atom is -0.493 e. The topological polar surface area (TPSA) is 51.2 Å². The normalized spacial score (nSPS) is 14.8. The minimum absolute atomic E-state index is 0. The van der Waals surface area contributed by atoms with E-state index in [9.17, 15) is 4.79 Å². The Labute approximate surface area is 168 Å². The largest absolute Gasteiger partial charge is 0.493 e. The molecule has 0 N–H and O–H groups in total. The van der Waals surface area contributed by atoms with Gasteiger partial charge in [-0.1, -0.05) is 0 Å². The molecule has 1 saturated heterocycles. The molecule has 1 aromatic carbocycles. The van der Waals surface area contributed by atoms with Crippen molar-refractivity contribution in [3.8, 4) is 17.2 Å². The van der Waals surface area contributed by atoms with Crippen molar-refractivity contribution in [2.24, 2.45) is 0 Å². The van der Waals surface area contributed by atoms with E-state index in [4.69, 9.17) is 14.2 Å². The Morgan fingerprint density at radius 2 is 1.50 bits per heavy atom. The number of benzene rings is 1. The van der Waals surface area contributed by atoms with E-state index in [1.807, 2.05) is 0 Å². The number of halogens is 2. The van der Waals surface area contributed by atoms with Crippen LogP contribution in [0.25, 0.3) is 0 Å². The lowest BCUT2D eigenvalue weighted by molar-refractivity contribution is 0.0966. The summed E-state index contributed by atoms with van der Waals surface area (Å²) in [4.78, 5) is 17.2. The van der Waals surface area contributed by atoms with Crippen molar-refractivity contribution in [1.82, 2.24) is 9.80 Å². The molecule has 6 nitrogen and oxygen atoms in total. The van der Waals surface area contributed by atoms with Crippen LogP contribution in [0.15, 0.2) is 12.1 Å². The summed E-state index contributed by atoms with van der Waals surface area (Å²) in [6, 6.07) is 3.44. The van der Waals surface area contributed by atoms with E-state index >= 15 is 0 Å². The first kappa shape index (κ1) is 24.8. The molecule has 0 saturated carbocycles. The lowest BCUT2D eigenvalue weighted by Crippen LogP contribution is -2.44. The number of nitrogens with zero attached hydrogens (tertiary/aromatic N) is 2. The third kappa shape index (κ3) is 6.50. The second kappa shape index (κ2) is 12.2. The molecule has 2 rings (SSSR count). The number of likely N-dealkylation sites (N-methyl/N-ethyl adjacent to an activating group) is 1. The molecular weight excluding hydrogens is 379 g/mol. The van der Waals surface area contributed by atoms with E-state index in [-0.39, 0.29) is 30.6 Å². The molecule has 0 spiro atoms. The Balaban J connectivity index is 0.00000312. The monoisotopic (exact) mass is 408 g/mol. The van der Waals surface area contributed by atoms with Gasteiger partial charge >= 0.3 is 0 Å². The predicted molar refractivity (Wildman–Crippen MR) is 108 cm³/mol. The second-order valence-electron chi connectivity index (χ2n) is 6.09. The molecule has 1 heterocycles. The van der Waals surface area contributed by atoms with Crippen LogP contribution in [0.3, 0.4) is 0 Å². The first-order valence-corrected chi connectivity index (χ1v) is 8.33. The highest BCUT2D eigenvalue weighted by atomic mass is 35.5. The summed E-state index contributed by atoms with van der Waals surface area (Å²) < 4.78 is 15.9. The van der Waals surface area contributed by atoms with Gasteiger partial charge in [0.15, 0.2) is 17.3 Å². The van der Waals surface area contributed by atoms with E-state index in [0.717, 1.165) is 39.1 Å². The average Bonchev–Trinajstić information content (AvgIpc) is 2.61. The molecule has 1 fully saturated rings. The van der Waals surface area contributed by atoms with Crippen molar-refractivity contribution >= 4 is 30.6 Å². The molecule has 0 aromatic heterocycles. The van der Waals surface area contributed by atoms with Crippen LogP contribution in [0, 0.1) is 0 Å². The summed E-state index contributed by atoms with van der Waals surface area (Å²) in [7, 11) is 6.81. The molecule has 0 unspecified atom stereocenters. The van der Waals surface area contributed by atoms with Gasteiger partial charge in [-0.05, 0) is 32.1 Å². The molecule has 1 aliphatic rings. The van der Waals surface area contributed by atoms with Gasteiger partial charge < -0.3 is 24.0 Å². The summed E-state index contributed by atoms with van der Waals surface area (Å²) in [6.45, 7) is 5.31. The van der Waals surface area contributed by atoms with Crippen molar-refractivity contribution in [2.45, 2.75) is 12.8 Å². The number of ketones is 1. The zero-order chi connectivity index (χ0) is 17.5. The van der Waals surface area contributed by atoms with Crippen LogP contribution in [0.2, 0.25) is 0 Å². The fourth-order valence-corrected chi connectivity index (χ4v) is 2.92. The van der Waals surface area contributed by atoms with Crippen molar-refractivity contribution in [3.05, 3.63) is 17.7 Å². The number of hydrogen-bond donors (Lipinski definition) is 0. The summed E-state index contributed by atoms with van der Waals surface area (Å²) in [5.41, 5.74) is 0.600. The fourth-order valence-electron chi connectivity index (χ4n) is 2.92. The quantitative estimate of drug-likeness (QED) is 0.616. The highest BCUT2D eigenvalue weighted by Crippen LogP contribution is 2.38. The number of rotatable bonds is 8. The van der Waals surface area contributed by atoms with Gasteiger partial charge in [-0.25, -0.2) is 0 Å². The van der Waals surface area contributed by atoms with Crippen molar-refractivity contribution in [2.75, 3.05) is 61.1 Å². The van der Waals surface area contributed by atoms with Crippen molar-refractivity contribution in [1.29, 1.82) is 0 Å². The molecule has 1 aromatic rings. The minimum atomic E-state index is 0. The van der Waals surface area contributed by atoms with Gasteiger partial charge in [-0.2, -0.15) is 0 Å². The number of carbonyl (C=O) groups excluding carboxylic acids is 1. The number of piperazine rings is 1. The standard InChI is InChI=1S/C18H28N2O4.2ClH/c1-19-8-10-20(11-9-19)7-5-6-15(21)14-12-16(22-2)18(24-4)17(13-14)23-3;;/h12-13H,5-11H2,1-4H3;2*1H. The van der Waals surface area contributed by atoms with Crippen molar-refractivity contribution < 1.29 is 19.0 Å². The maximum atomic E-state index is 12.5. The maximum absolute atomic E-state index is 12.5. The lowest BCUT2D eigenvalue weighted by atomic mass is 10.0. The van der Waals surface area contributed by atoms with Crippen LogP contribution < -0.4 is 14.2 Å². The third-order valence-electron chi connectivity index (χ3n) is 4.46. The van der Waals surface area contributed by atoms with E-state index in [1.54, 1.807) is 33.5 Å². The van der Waals surface area contributed by atoms with E-state index in [0.29, 0.717) is 29.2 Å². The van der Waals surface area contributed by atoms with Crippen LogP contribution in [-0.4, -0.2) is 76.7 Å². The molecule has 0 atom stereocenters. The predicted octanol–water partition coefficient (Wildman–Crippen LogP) is 2.77. The average molecular weight is 409 g/mol. The number of ether oxygens (including phenoxy) is 3. The Hall–Kier alpha value is -1.21. The van der Waals surface area contributed by atoms with Crippen LogP contribution in [0.1, 0.15) is 23.2 Å². The highest BCUT2D eigenvalue weighted by molar-refractivity contribution is 5.97. The molecule has 1 aliphatic heterocycles. The molecule has 26 heavy (non-hydrogen) atoms. The number of Topliss-reactive ketones (excluding diaryl/α,β-unsaturated/α-hetero) is 1. The third-order valence-corrected chi connectivity index (χ3v) is 4.46. The summed E-state index contributed by atoms with van der Waals surface area (Å²) in [5, 5.41) is 0. The fraction of sp³-hybridized carbons (Fsp3) is 0.611. The number of methoxy groups -OCH3 is 3. The Kier molecular flexibility index (Phi) is 11.7. The zero-order valence-corrected chi connectivity index (χ0v) is 17.6. The van der Waals surface area contributed by atoms with E-state index < -0.39 is 0 Å². The van der Waals surface area contributed by atoms with Gasteiger partial charge in [-0.15, -0.1) is 24.8 Å². The second-order valence-corrected chi connectivity index (χ2v) is 6.09. The summed E-state index contributed by atoms with van der Waals surface area (Å²) in [5.74, 6) is 1.64. The first-order valence-electron chi connectivity index (χ1n) is 8.33. The SMILES string of the molecule is COc1cc(C(=O)CCCN2CCN(C)CC2)cc(OC)c1OC.Cl.Cl. The van der Waals surface area contributed by atoms with Crippen LogP contribution in [0.4, 0.5) is 0 Å². The number of hydrogen-bond acceptors (Lipinski definition) is 6. The van der Waals surface area contributed by atoms with Crippen molar-refractivity contribution in [3.63, 3.8) is 0 Å². The van der Waals surface area contributed by atoms with Gasteiger partial charge in [0, 0.05) is 38.2 Å².